The molecule has 4 heteroatoms. The minimum absolute atomic E-state index is 0.157. The Kier molecular flexibility index (Phi) is 6.55. The van der Waals surface area contributed by atoms with Crippen molar-refractivity contribution in [3.05, 3.63) is 28.2 Å². The minimum atomic E-state index is 0.157. The van der Waals surface area contributed by atoms with Gasteiger partial charge in [-0.1, -0.05) is 26.0 Å². The Morgan fingerprint density at radius 2 is 2.18 bits per heavy atom. The van der Waals surface area contributed by atoms with E-state index in [4.69, 9.17) is 9.84 Å². The molecule has 0 aliphatic rings. The van der Waals surface area contributed by atoms with Gasteiger partial charge < -0.3 is 15.2 Å². The van der Waals surface area contributed by atoms with Crippen LogP contribution in [-0.2, 0) is 6.54 Å². The number of nitrogens with one attached hydrogen (secondary N) is 1. The highest BCUT2D eigenvalue weighted by atomic mass is 79.9. The molecule has 0 aliphatic carbocycles. The van der Waals surface area contributed by atoms with E-state index in [1.165, 1.54) is 0 Å². The Labute approximate surface area is 111 Å². The highest BCUT2D eigenvalue weighted by Gasteiger charge is 2.08. The Balaban J connectivity index is 2.69. The van der Waals surface area contributed by atoms with Crippen molar-refractivity contribution in [2.75, 3.05) is 13.2 Å². The maximum atomic E-state index is 8.75. The van der Waals surface area contributed by atoms with E-state index in [2.05, 4.69) is 41.2 Å². The van der Waals surface area contributed by atoms with Gasteiger partial charge in [0.05, 0.1) is 11.1 Å². The van der Waals surface area contributed by atoms with Crippen molar-refractivity contribution in [3.63, 3.8) is 0 Å². The monoisotopic (exact) mass is 301 g/mol. The fraction of sp³-hybridized carbons (Fsp3) is 0.538. The van der Waals surface area contributed by atoms with Crippen molar-refractivity contribution < 1.29 is 9.84 Å². The number of benzene rings is 1. The fourth-order valence-corrected chi connectivity index (χ4v) is 1.93. The van der Waals surface area contributed by atoms with Crippen LogP contribution in [0.3, 0.4) is 0 Å². The van der Waals surface area contributed by atoms with Crippen molar-refractivity contribution in [1.82, 2.24) is 5.32 Å². The first kappa shape index (κ1) is 14.5. The van der Waals surface area contributed by atoms with Crippen LogP contribution in [0.5, 0.6) is 5.75 Å². The highest BCUT2D eigenvalue weighted by Crippen LogP contribution is 2.29. The summed E-state index contributed by atoms with van der Waals surface area (Å²) in [4.78, 5) is 0. The standard InChI is InChI=1S/C13H20BrNO2/c1-10(2)15-9-11-5-3-6-12(14)13(11)17-8-4-7-16/h3,5-6,10,15-16H,4,7-9H2,1-2H3. The molecule has 0 aliphatic heterocycles. The second-order valence-electron chi connectivity index (χ2n) is 4.19. The molecule has 0 saturated heterocycles. The van der Waals surface area contributed by atoms with Gasteiger partial charge in [-0.15, -0.1) is 0 Å². The summed E-state index contributed by atoms with van der Waals surface area (Å²) < 4.78 is 6.65. The third-order valence-corrected chi connectivity index (χ3v) is 2.92. The molecule has 0 saturated carbocycles. The van der Waals surface area contributed by atoms with Gasteiger partial charge in [-0.3, -0.25) is 0 Å². The topological polar surface area (TPSA) is 41.5 Å². The van der Waals surface area contributed by atoms with Gasteiger partial charge in [-0.2, -0.15) is 0 Å². The summed E-state index contributed by atoms with van der Waals surface area (Å²) in [5.41, 5.74) is 1.13. The van der Waals surface area contributed by atoms with Gasteiger partial charge in [0.25, 0.3) is 0 Å². The first-order valence-corrected chi connectivity index (χ1v) is 6.69. The number of ether oxygens (including phenoxy) is 1. The van der Waals surface area contributed by atoms with Crippen LogP contribution in [0.1, 0.15) is 25.8 Å². The fourth-order valence-electron chi connectivity index (χ4n) is 1.41. The van der Waals surface area contributed by atoms with E-state index in [-0.39, 0.29) is 6.61 Å². The largest absolute Gasteiger partial charge is 0.492 e. The van der Waals surface area contributed by atoms with E-state index in [1.54, 1.807) is 0 Å². The smallest absolute Gasteiger partial charge is 0.137 e. The lowest BCUT2D eigenvalue weighted by Gasteiger charge is -2.15. The van der Waals surface area contributed by atoms with Gasteiger partial charge in [-0.25, -0.2) is 0 Å². The molecule has 0 unspecified atom stereocenters. The van der Waals surface area contributed by atoms with Gasteiger partial charge in [0.1, 0.15) is 5.75 Å². The molecule has 1 aromatic rings. The van der Waals surface area contributed by atoms with Crippen molar-refractivity contribution in [3.8, 4) is 5.75 Å². The molecule has 2 N–H and O–H groups in total. The van der Waals surface area contributed by atoms with E-state index in [0.29, 0.717) is 19.1 Å². The normalized spacial score (nSPS) is 10.9. The van der Waals surface area contributed by atoms with Gasteiger partial charge in [0.2, 0.25) is 0 Å². The first-order valence-electron chi connectivity index (χ1n) is 5.89. The van der Waals surface area contributed by atoms with E-state index in [1.807, 2.05) is 12.1 Å². The van der Waals surface area contributed by atoms with Gasteiger partial charge in [0.15, 0.2) is 0 Å². The van der Waals surface area contributed by atoms with Crippen molar-refractivity contribution in [2.45, 2.75) is 32.9 Å². The Hall–Kier alpha value is -0.580. The molecule has 0 radical (unpaired) electrons. The summed E-state index contributed by atoms with van der Waals surface area (Å²) in [6, 6.07) is 6.46. The van der Waals surface area contributed by atoms with Crippen LogP contribution >= 0.6 is 15.9 Å². The molecule has 0 fully saturated rings. The van der Waals surface area contributed by atoms with E-state index in [9.17, 15) is 0 Å². The number of aliphatic hydroxyl groups is 1. The van der Waals surface area contributed by atoms with E-state index in [0.717, 1.165) is 22.3 Å². The molecule has 0 spiro atoms. The summed E-state index contributed by atoms with van der Waals surface area (Å²) in [7, 11) is 0. The summed E-state index contributed by atoms with van der Waals surface area (Å²) in [6.07, 6.45) is 0.651. The molecule has 3 nitrogen and oxygen atoms in total. The molecule has 1 aromatic carbocycles. The molecule has 17 heavy (non-hydrogen) atoms. The molecule has 96 valence electrons. The van der Waals surface area contributed by atoms with E-state index < -0.39 is 0 Å². The predicted octanol–water partition coefficient (Wildman–Crippen LogP) is 2.71. The van der Waals surface area contributed by atoms with Crippen LogP contribution in [0.4, 0.5) is 0 Å². The maximum absolute atomic E-state index is 8.75. The molecule has 1 rings (SSSR count). The zero-order chi connectivity index (χ0) is 12.7. The zero-order valence-electron chi connectivity index (χ0n) is 10.4. The van der Waals surface area contributed by atoms with Crippen LogP contribution in [0.25, 0.3) is 0 Å². The predicted molar refractivity (Wildman–Crippen MR) is 73.3 cm³/mol. The Morgan fingerprint density at radius 3 is 2.82 bits per heavy atom. The second-order valence-corrected chi connectivity index (χ2v) is 5.04. The number of rotatable bonds is 7. The lowest BCUT2D eigenvalue weighted by Crippen LogP contribution is -2.22. The third-order valence-electron chi connectivity index (χ3n) is 2.30. The lowest BCUT2D eigenvalue weighted by atomic mass is 10.2. The molecular formula is C13H20BrNO2. The highest BCUT2D eigenvalue weighted by molar-refractivity contribution is 9.10. The summed E-state index contributed by atoms with van der Waals surface area (Å²) in [6.45, 7) is 5.71. The average molecular weight is 302 g/mol. The number of hydrogen-bond acceptors (Lipinski definition) is 3. The lowest BCUT2D eigenvalue weighted by molar-refractivity contribution is 0.231. The van der Waals surface area contributed by atoms with Crippen LogP contribution in [-0.4, -0.2) is 24.4 Å². The van der Waals surface area contributed by atoms with Crippen molar-refractivity contribution >= 4 is 15.9 Å². The number of aliphatic hydroxyl groups excluding tert-OH is 1. The molecule has 0 heterocycles. The molecule has 0 bridgehead atoms. The number of halogens is 1. The summed E-state index contributed by atoms with van der Waals surface area (Å²) in [5, 5.41) is 12.1. The van der Waals surface area contributed by atoms with Gasteiger partial charge in [-0.05, 0) is 22.0 Å². The Bertz CT molecular complexity index is 342. The van der Waals surface area contributed by atoms with Crippen LogP contribution in [0, 0.1) is 0 Å². The van der Waals surface area contributed by atoms with Crippen molar-refractivity contribution in [2.24, 2.45) is 0 Å². The minimum Gasteiger partial charge on any atom is -0.492 e. The quantitative estimate of drug-likeness (QED) is 0.761. The molecular weight excluding hydrogens is 282 g/mol. The number of para-hydroxylation sites is 1. The van der Waals surface area contributed by atoms with Gasteiger partial charge >= 0.3 is 0 Å². The SMILES string of the molecule is CC(C)NCc1cccc(Br)c1OCCCO. The molecule has 0 aromatic heterocycles. The molecule has 0 atom stereocenters. The maximum Gasteiger partial charge on any atom is 0.137 e. The number of hydrogen-bond donors (Lipinski definition) is 2. The second kappa shape index (κ2) is 7.69. The zero-order valence-corrected chi connectivity index (χ0v) is 12.0. The summed E-state index contributed by atoms with van der Waals surface area (Å²) in [5.74, 6) is 0.870. The first-order chi connectivity index (χ1) is 8.15. The van der Waals surface area contributed by atoms with E-state index >= 15 is 0 Å². The summed E-state index contributed by atoms with van der Waals surface area (Å²) >= 11 is 3.49. The van der Waals surface area contributed by atoms with Crippen molar-refractivity contribution in [1.29, 1.82) is 0 Å². The van der Waals surface area contributed by atoms with Crippen LogP contribution in [0.2, 0.25) is 0 Å². The van der Waals surface area contributed by atoms with Crippen LogP contribution < -0.4 is 10.1 Å². The van der Waals surface area contributed by atoms with Gasteiger partial charge in [0, 0.05) is 31.2 Å². The average Bonchev–Trinajstić information content (AvgIpc) is 2.29. The Morgan fingerprint density at radius 1 is 1.41 bits per heavy atom. The molecule has 0 amide bonds. The van der Waals surface area contributed by atoms with Crippen LogP contribution in [0.15, 0.2) is 22.7 Å². The third kappa shape index (κ3) is 5.06.